The number of amides is 1. The molecule has 2 aromatic rings. The highest BCUT2D eigenvalue weighted by Gasteiger charge is 2.29. The first-order valence-electron chi connectivity index (χ1n) is 7.46. The second-order valence-electron chi connectivity index (χ2n) is 5.52. The van der Waals surface area contributed by atoms with Gasteiger partial charge in [-0.3, -0.25) is 9.10 Å². The lowest BCUT2D eigenvalue weighted by Crippen LogP contribution is -2.47. The Hall–Kier alpha value is -2.12. The van der Waals surface area contributed by atoms with Crippen molar-refractivity contribution in [1.29, 1.82) is 0 Å². The van der Waals surface area contributed by atoms with Gasteiger partial charge in [0.25, 0.3) is 0 Å². The average molecular weight is 385 g/mol. The molecular weight excluding hydrogens is 367 g/mol. The normalized spacial score (nSPS) is 12.5. The third-order valence-electron chi connectivity index (χ3n) is 3.56. The number of anilines is 1. The van der Waals surface area contributed by atoms with E-state index in [1.165, 1.54) is 19.1 Å². The summed E-state index contributed by atoms with van der Waals surface area (Å²) < 4.78 is 38.9. The van der Waals surface area contributed by atoms with E-state index in [1.807, 2.05) is 0 Å². The van der Waals surface area contributed by atoms with Crippen LogP contribution in [0.5, 0.6) is 0 Å². The van der Waals surface area contributed by atoms with E-state index in [0.29, 0.717) is 10.6 Å². The number of nitrogens with one attached hydrogen (secondary N) is 1. The van der Waals surface area contributed by atoms with Gasteiger partial charge in [-0.1, -0.05) is 35.9 Å². The molecule has 0 saturated heterocycles. The topological polar surface area (TPSA) is 66.5 Å². The molecule has 0 aliphatic carbocycles. The lowest BCUT2D eigenvalue weighted by Gasteiger charge is -2.28. The summed E-state index contributed by atoms with van der Waals surface area (Å²) in [4.78, 5) is 12.4. The Labute approximate surface area is 151 Å². The maximum atomic E-state index is 13.6. The summed E-state index contributed by atoms with van der Waals surface area (Å²) in [6, 6.07) is 11.2. The summed E-state index contributed by atoms with van der Waals surface area (Å²) in [5.74, 6) is -0.987. The van der Waals surface area contributed by atoms with Crippen molar-refractivity contribution in [1.82, 2.24) is 5.32 Å². The van der Waals surface area contributed by atoms with Crippen molar-refractivity contribution in [3.63, 3.8) is 0 Å². The number of benzene rings is 2. The van der Waals surface area contributed by atoms with E-state index in [0.717, 1.165) is 10.6 Å². The first kappa shape index (κ1) is 19.2. The zero-order valence-corrected chi connectivity index (χ0v) is 15.3. The van der Waals surface area contributed by atoms with Crippen LogP contribution in [0.1, 0.15) is 12.5 Å². The number of carbonyl (C=O) groups is 1. The molecule has 8 heteroatoms. The summed E-state index contributed by atoms with van der Waals surface area (Å²) in [5.41, 5.74) is 0.597. The van der Waals surface area contributed by atoms with Crippen molar-refractivity contribution < 1.29 is 17.6 Å². The number of sulfonamides is 1. The van der Waals surface area contributed by atoms with E-state index in [4.69, 9.17) is 11.6 Å². The Morgan fingerprint density at radius 1 is 1.24 bits per heavy atom. The number of halogens is 2. The molecule has 1 amide bonds. The standard InChI is InChI=1S/C17H18ClFN2O3S/c1-12(17(22)20-11-13-6-3-4-9-16(13)19)21(25(2,23)24)15-8-5-7-14(18)10-15/h3-10,12H,11H2,1-2H3,(H,20,22). The van der Waals surface area contributed by atoms with E-state index in [2.05, 4.69) is 5.32 Å². The van der Waals surface area contributed by atoms with E-state index in [-0.39, 0.29) is 12.2 Å². The van der Waals surface area contributed by atoms with Crippen molar-refractivity contribution in [3.05, 3.63) is 64.9 Å². The SMILES string of the molecule is CC(C(=O)NCc1ccccc1F)N(c1cccc(Cl)c1)S(C)(=O)=O. The Kier molecular flexibility index (Phi) is 6.02. The molecule has 0 aliphatic heterocycles. The summed E-state index contributed by atoms with van der Waals surface area (Å²) in [6.07, 6.45) is 1.01. The Bertz CT molecular complexity index is 874. The maximum absolute atomic E-state index is 13.6. The van der Waals surface area contributed by atoms with Crippen molar-refractivity contribution in [2.24, 2.45) is 0 Å². The van der Waals surface area contributed by atoms with Crippen LogP contribution in [0.3, 0.4) is 0 Å². The summed E-state index contributed by atoms with van der Waals surface area (Å²) in [6.45, 7) is 1.42. The molecule has 5 nitrogen and oxygen atoms in total. The van der Waals surface area contributed by atoms with Gasteiger partial charge < -0.3 is 5.32 Å². The van der Waals surface area contributed by atoms with Crippen LogP contribution in [0.25, 0.3) is 0 Å². The van der Waals surface area contributed by atoms with Gasteiger partial charge in [0.15, 0.2) is 0 Å². The maximum Gasteiger partial charge on any atom is 0.243 e. The molecular formula is C17H18ClFN2O3S. The number of carbonyl (C=O) groups excluding carboxylic acids is 1. The zero-order chi connectivity index (χ0) is 18.6. The van der Waals surface area contributed by atoms with Gasteiger partial charge in [0.2, 0.25) is 15.9 Å². The summed E-state index contributed by atoms with van der Waals surface area (Å²) in [5, 5.41) is 2.91. The van der Waals surface area contributed by atoms with Crippen LogP contribution in [0.4, 0.5) is 10.1 Å². The highest BCUT2D eigenvalue weighted by atomic mass is 35.5. The largest absolute Gasteiger partial charge is 0.350 e. The van der Waals surface area contributed by atoms with E-state index in [9.17, 15) is 17.6 Å². The average Bonchev–Trinajstić information content (AvgIpc) is 2.52. The van der Waals surface area contributed by atoms with Gasteiger partial charge in [0.1, 0.15) is 11.9 Å². The minimum Gasteiger partial charge on any atom is -0.350 e. The van der Waals surface area contributed by atoms with Crippen LogP contribution in [-0.2, 0) is 21.4 Å². The molecule has 134 valence electrons. The number of nitrogens with zero attached hydrogens (tertiary/aromatic N) is 1. The fraction of sp³-hybridized carbons (Fsp3) is 0.235. The van der Waals surface area contributed by atoms with Gasteiger partial charge in [0, 0.05) is 17.1 Å². The lowest BCUT2D eigenvalue weighted by atomic mass is 10.2. The quantitative estimate of drug-likeness (QED) is 0.832. The molecule has 0 heterocycles. The Morgan fingerprint density at radius 2 is 1.92 bits per heavy atom. The van der Waals surface area contributed by atoms with Crippen molar-refractivity contribution in [3.8, 4) is 0 Å². The van der Waals surface area contributed by atoms with Crippen molar-refractivity contribution >= 4 is 33.2 Å². The molecule has 1 unspecified atom stereocenters. The van der Waals surface area contributed by atoms with Gasteiger partial charge >= 0.3 is 0 Å². The lowest BCUT2D eigenvalue weighted by molar-refractivity contribution is -0.122. The van der Waals surface area contributed by atoms with Crippen LogP contribution in [0, 0.1) is 5.82 Å². The number of rotatable bonds is 6. The summed E-state index contributed by atoms with van der Waals surface area (Å²) >= 11 is 5.92. The van der Waals surface area contributed by atoms with Crippen LogP contribution < -0.4 is 9.62 Å². The third kappa shape index (κ3) is 4.93. The molecule has 25 heavy (non-hydrogen) atoms. The van der Waals surface area contributed by atoms with E-state index >= 15 is 0 Å². The monoisotopic (exact) mass is 384 g/mol. The molecule has 0 aromatic heterocycles. The fourth-order valence-corrected chi connectivity index (χ4v) is 3.75. The van der Waals surface area contributed by atoms with Crippen LogP contribution in [-0.4, -0.2) is 26.6 Å². The van der Waals surface area contributed by atoms with Crippen LogP contribution in [0.15, 0.2) is 48.5 Å². The summed E-state index contributed by atoms with van der Waals surface area (Å²) in [7, 11) is -3.73. The fourth-order valence-electron chi connectivity index (χ4n) is 2.39. The van der Waals surface area contributed by atoms with Crippen LogP contribution >= 0.6 is 11.6 Å². The number of hydrogen-bond donors (Lipinski definition) is 1. The molecule has 0 aliphatic rings. The first-order valence-corrected chi connectivity index (χ1v) is 9.69. The third-order valence-corrected chi connectivity index (χ3v) is 5.04. The van der Waals surface area contributed by atoms with Crippen LogP contribution in [0.2, 0.25) is 5.02 Å². The highest BCUT2D eigenvalue weighted by molar-refractivity contribution is 7.92. The van der Waals surface area contributed by atoms with Gasteiger partial charge in [-0.25, -0.2) is 12.8 Å². The molecule has 1 atom stereocenters. The minimum atomic E-state index is -3.73. The molecule has 0 radical (unpaired) electrons. The van der Waals surface area contributed by atoms with Gasteiger partial charge in [-0.05, 0) is 31.2 Å². The molecule has 1 N–H and O–H groups in total. The first-order chi connectivity index (χ1) is 11.7. The van der Waals surface area contributed by atoms with E-state index in [1.54, 1.807) is 36.4 Å². The second-order valence-corrected chi connectivity index (χ2v) is 7.82. The predicted molar refractivity (Wildman–Crippen MR) is 96.5 cm³/mol. The Balaban J connectivity index is 2.20. The van der Waals surface area contributed by atoms with E-state index < -0.39 is 27.8 Å². The van der Waals surface area contributed by atoms with Gasteiger partial charge in [-0.15, -0.1) is 0 Å². The zero-order valence-electron chi connectivity index (χ0n) is 13.7. The highest BCUT2D eigenvalue weighted by Crippen LogP contribution is 2.24. The molecule has 2 aromatic carbocycles. The molecule has 0 saturated carbocycles. The smallest absolute Gasteiger partial charge is 0.243 e. The second kappa shape index (κ2) is 7.84. The molecule has 2 rings (SSSR count). The Morgan fingerprint density at radius 3 is 2.52 bits per heavy atom. The van der Waals surface area contributed by atoms with Gasteiger partial charge in [0.05, 0.1) is 11.9 Å². The minimum absolute atomic E-state index is 0.0387. The van der Waals surface area contributed by atoms with Crippen molar-refractivity contribution in [2.75, 3.05) is 10.6 Å². The predicted octanol–water partition coefficient (Wildman–Crippen LogP) is 2.95. The molecule has 0 fully saturated rings. The van der Waals surface area contributed by atoms with Gasteiger partial charge in [-0.2, -0.15) is 0 Å². The molecule has 0 spiro atoms. The number of hydrogen-bond acceptors (Lipinski definition) is 3. The van der Waals surface area contributed by atoms with Crippen molar-refractivity contribution in [2.45, 2.75) is 19.5 Å². The molecule has 0 bridgehead atoms.